The van der Waals surface area contributed by atoms with E-state index in [1.807, 2.05) is 0 Å². The third kappa shape index (κ3) is 4.23. The highest BCUT2D eigenvalue weighted by Gasteiger charge is 2.27. The van der Waals surface area contributed by atoms with Crippen LogP contribution in [0.1, 0.15) is 38.3 Å². The summed E-state index contributed by atoms with van der Waals surface area (Å²) in [6.45, 7) is 3.53. The van der Waals surface area contributed by atoms with E-state index in [9.17, 15) is 18.0 Å². The molecule has 1 rings (SSSR count). The highest BCUT2D eigenvalue weighted by Crippen LogP contribution is 2.33. The first-order chi connectivity index (χ1) is 9.16. The molecule has 3 nitrogen and oxygen atoms in total. The van der Waals surface area contributed by atoms with Crippen molar-refractivity contribution in [2.75, 3.05) is 7.11 Å². The monoisotopic (exact) mass is 289 g/mol. The smallest absolute Gasteiger partial charge is 0.306 e. The number of methoxy groups -OCH3 is 1. The maximum atomic E-state index is 13.6. The van der Waals surface area contributed by atoms with E-state index in [-0.39, 0.29) is 18.4 Å². The zero-order valence-corrected chi connectivity index (χ0v) is 11.7. The molecule has 1 aromatic rings. The first-order valence-corrected chi connectivity index (χ1v) is 6.13. The fourth-order valence-corrected chi connectivity index (χ4v) is 2.06. The molecule has 0 aliphatic heterocycles. The van der Waals surface area contributed by atoms with Gasteiger partial charge < -0.3 is 10.5 Å². The lowest BCUT2D eigenvalue weighted by molar-refractivity contribution is -0.143. The fourth-order valence-electron chi connectivity index (χ4n) is 2.06. The number of rotatable bonds is 5. The summed E-state index contributed by atoms with van der Waals surface area (Å²) in [6.07, 6.45) is 0.326. The van der Waals surface area contributed by atoms with Crippen LogP contribution in [-0.4, -0.2) is 13.1 Å². The summed E-state index contributed by atoms with van der Waals surface area (Å²) >= 11 is 0. The Bertz CT molecular complexity index is 503. The third-order valence-corrected chi connectivity index (χ3v) is 3.06. The standard InChI is InChI=1S/C14H18F3NO2/c1-14(2,7-13(19)20-3)6-12(18)8-4-10(16)11(17)5-9(8)15/h4-5,12H,6-7,18H2,1-3H3. The molecule has 0 radical (unpaired) electrons. The number of ether oxygens (including phenoxy) is 1. The second-order valence-corrected chi connectivity index (χ2v) is 5.52. The van der Waals surface area contributed by atoms with Crippen LogP contribution < -0.4 is 5.73 Å². The molecule has 1 atom stereocenters. The van der Waals surface area contributed by atoms with Crippen LogP contribution in [-0.2, 0) is 9.53 Å². The van der Waals surface area contributed by atoms with Crippen LogP contribution in [0.15, 0.2) is 12.1 Å². The van der Waals surface area contributed by atoms with Crippen LogP contribution in [0.25, 0.3) is 0 Å². The number of benzene rings is 1. The lowest BCUT2D eigenvalue weighted by atomic mass is 9.81. The minimum absolute atomic E-state index is 0.0997. The molecule has 0 aromatic heterocycles. The SMILES string of the molecule is COC(=O)CC(C)(C)CC(N)c1cc(F)c(F)cc1F. The number of carbonyl (C=O) groups is 1. The predicted molar refractivity (Wildman–Crippen MR) is 68.3 cm³/mol. The van der Waals surface area contributed by atoms with Gasteiger partial charge in [-0.15, -0.1) is 0 Å². The minimum Gasteiger partial charge on any atom is -0.469 e. The Hall–Kier alpha value is -1.56. The van der Waals surface area contributed by atoms with Gasteiger partial charge in [-0.05, 0) is 17.9 Å². The lowest BCUT2D eigenvalue weighted by Crippen LogP contribution is -2.25. The van der Waals surface area contributed by atoms with Crippen LogP contribution in [0.3, 0.4) is 0 Å². The van der Waals surface area contributed by atoms with Crippen molar-refractivity contribution < 1.29 is 22.7 Å². The summed E-state index contributed by atoms with van der Waals surface area (Å²) in [7, 11) is 1.27. The van der Waals surface area contributed by atoms with Crippen molar-refractivity contribution >= 4 is 5.97 Å². The predicted octanol–water partition coefficient (Wildman–Crippen LogP) is 3.08. The minimum atomic E-state index is -1.26. The Labute approximate surface area is 115 Å². The summed E-state index contributed by atoms with van der Waals surface area (Å²) in [6, 6.07) is 0.381. The van der Waals surface area contributed by atoms with Gasteiger partial charge in [-0.3, -0.25) is 4.79 Å². The number of carbonyl (C=O) groups excluding carboxylic acids is 1. The Balaban J connectivity index is 2.88. The molecule has 112 valence electrons. The summed E-state index contributed by atoms with van der Waals surface area (Å²) in [5, 5.41) is 0. The number of esters is 1. The lowest BCUT2D eigenvalue weighted by Gasteiger charge is -2.27. The molecule has 0 saturated heterocycles. The summed E-state index contributed by atoms with van der Waals surface area (Å²) in [4.78, 5) is 11.3. The van der Waals surface area contributed by atoms with Gasteiger partial charge in [0.1, 0.15) is 5.82 Å². The fraction of sp³-hybridized carbons (Fsp3) is 0.500. The highest BCUT2D eigenvalue weighted by molar-refractivity contribution is 5.69. The van der Waals surface area contributed by atoms with E-state index in [0.717, 1.165) is 6.07 Å². The quantitative estimate of drug-likeness (QED) is 0.669. The van der Waals surface area contributed by atoms with Crippen LogP contribution in [0.5, 0.6) is 0 Å². The van der Waals surface area contributed by atoms with E-state index in [1.54, 1.807) is 13.8 Å². The molecule has 1 aromatic carbocycles. The molecule has 1 unspecified atom stereocenters. The maximum Gasteiger partial charge on any atom is 0.306 e. The molecule has 0 heterocycles. The van der Waals surface area contributed by atoms with Gasteiger partial charge in [0.2, 0.25) is 0 Å². The normalized spacial score (nSPS) is 13.2. The van der Waals surface area contributed by atoms with E-state index in [4.69, 9.17) is 5.73 Å². The van der Waals surface area contributed by atoms with Gasteiger partial charge in [0.05, 0.1) is 13.5 Å². The second-order valence-electron chi connectivity index (χ2n) is 5.52. The topological polar surface area (TPSA) is 52.3 Å². The van der Waals surface area contributed by atoms with Crippen LogP contribution in [0, 0.1) is 22.9 Å². The average Bonchev–Trinajstić information content (AvgIpc) is 2.32. The van der Waals surface area contributed by atoms with Crippen molar-refractivity contribution in [1.29, 1.82) is 0 Å². The molecule has 0 amide bonds. The number of halogens is 3. The van der Waals surface area contributed by atoms with Gasteiger partial charge in [-0.2, -0.15) is 0 Å². The molecule has 6 heteroatoms. The first kappa shape index (κ1) is 16.5. The third-order valence-electron chi connectivity index (χ3n) is 3.06. The second kappa shape index (κ2) is 6.26. The molecule has 0 spiro atoms. The molecule has 2 N–H and O–H groups in total. The van der Waals surface area contributed by atoms with Gasteiger partial charge in [-0.25, -0.2) is 13.2 Å². The van der Waals surface area contributed by atoms with Crippen LogP contribution in [0.2, 0.25) is 0 Å². The summed E-state index contributed by atoms with van der Waals surface area (Å²) in [5.74, 6) is -3.71. The molecule has 0 fully saturated rings. The van der Waals surface area contributed by atoms with E-state index in [0.29, 0.717) is 6.07 Å². The van der Waals surface area contributed by atoms with E-state index in [2.05, 4.69) is 4.74 Å². The Kier molecular flexibility index (Phi) is 5.16. The van der Waals surface area contributed by atoms with Crippen molar-refractivity contribution in [1.82, 2.24) is 0 Å². The first-order valence-electron chi connectivity index (χ1n) is 6.13. The van der Waals surface area contributed by atoms with E-state index in [1.165, 1.54) is 7.11 Å². The number of hydrogen-bond donors (Lipinski definition) is 1. The van der Waals surface area contributed by atoms with Crippen LogP contribution in [0.4, 0.5) is 13.2 Å². The molecule has 0 saturated carbocycles. The zero-order chi connectivity index (χ0) is 15.5. The van der Waals surface area contributed by atoms with Gasteiger partial charge in [0.25, 0.3) is 0 Å². The van der Waals surface area contributed by atoms with Gasteiger partial charge in [0, 0.05) is 17.7 Å². The summed E-state index contributed by atoms with van der Waals surface area (Å²) < 4.78 is 44.2. The van der Waals surface area contributed by atoms with Gasteiger partial charge in [0.15, 0.2) is 11.6 Å². The molecular formula is C14H18F3NO2. The number of hydrogen-bond acceptors (Lipinski definition) is 3. The zero-order valence-electron chi connectivity index (χ0n) is 11.7. The molecule has 20 heavy (non-hydrogen) atoms. The van der Waals surface area contributed by atoms with Gasteiger partial charge >= 0.3 is 5.97 Å². The molecule has 0 aliphatic carbocycles. The molecular weight excluding hydrogens is 271 g/mol. The Morgan fingerprint density at radius 3 is 2.35 bits per heavy atom. The molecule has 0 aliphatic rings. The van der Waals surface area contributed by atoms with Crippen molar-refractivity contribution in [2.45, 2.75) is 32.7 Å². The average molecular weight is 289 g/mol. The Morgan fingerprint density at radius 1 is 1.25 bits per heavy atom. The molecule has 0 bridgehead atoms. The van der Waals surface area contributed by atoms with Gasteiger partial charge in [-0.1, -0.05) is 13.8 Å². The van der Waals surface area contributed by atoms with E-state index < -0.39 is 34.9 Å². The van der Waals surface area contributed by atoms with Crippen molar-refractivity contribution in [3.8, 4) is 0 Å². The summed E-state index contributed by atoms with van der Waals surface area (Å²) in [5.41, 5.74) is 5.18. The van der Waals surface area contributed by atoms with Crippen molar-refractivity contribution in [2.24, 2.45) is 11.1 Å². The highest BCUT2D eigenvalue weighted by atomic mass is 19.2. The number of nitrogens with two attached hydrogens (primary N) is 1. The largest absolute Gasteiger partial charge is 0.469 e. The Morgan fingerprint density at radius 2 is 1.80 bits per heavy atom. The van der Waals surface area contributed by atoms with Crippen molar-refractivity contribution in [3.63, 3.8) is 0 Å². The maximum absolute atomic E-state index is 13.6. The van der Waals surface area contributed by atoms with E-state index >= 15 is 0 Å². The van der Waals surface area contributed by atoms with Crippen LogP contribution >= 0.6 is 0 Å². The van der Waals surface area contributed by atoms with Crippen molar-refractivity contribution in [3.05, 3.63) is 35.1 Å².